The van der Waals surface area contributed by atoms with Gasteiger partial charge in [0.05, 0.1) is 16.3 Å². The maximum absolute atomic E-state index is 13.0. The van der Waals surface area contributed by atoms with Crippen molar-refractivity contribution in [3.63, 3.8) is 0 Å². The first-order chi connectivity index (χ1) is 13.5. The maximum atomic E-state index is 13.0. The lowest BCUT2D eigenvalue weighted by atomic mass is 10.1. The van der Waals surface area contributed by atoms with Gasteiger partial charge in [-0.15, -0.1) is 11.3 Å². The number of anilines is 1. The number of amides is 1. The average molecular weight is 396 g/mol. The number of nitrogens with zero attached hydrogens (tertiary/aromatic N) is 4. The minimum Gasteiger partial charge on any atom is -0.353 e. The molecule has 146 valence electrons. The molecule has 1 saturated heterocycles. The van der Waals surface area contributed by atoms with Gasteiger partial charge in [-0.3, -0.25) is 4.79 Å². The summed E-state index contributed by atoms with van der Waals surface area (Å²) >= 11 is 1.45. The first-order valence-corrected chi connectivity index (χ1v) is 10.4. The summed E-state index contributed by atoms with van der Waals surface area (Å²) in [4.78, 5) is 28.2. The minimum atomic E-state index is -0.0545. The fourth-order valence-electron chi connectivity index (χ4n) is 3.61. The number of hydrogen-bond donors (Lipinski definition) is 1. The van der Waals surface area contributed by atoms with Crippen LogP contribution in [0.1, 0.15) is 33.8 Å². The number of fused-ring (bicyclic) bond motifs is 1. The van der Waals surface area contributed by atoms with E-state index >= 15 is 0 Å². The van der Waals surface area contributed by atoms with E-state index in [-0.39, 0.29) is 11.9 Å². The van der Waals surface area contributed by atoms with E-state index in [1.807, 2.05) is 44.2 Å². The van der Waals surface area contributed by atoms with Gasteiger partial charge in [-0.1, -0.05) is 30.3 Å². The summed E-state index contributed by atoms with van der Waals surface area (Å²) in [6.07, 6.45) is 1.61. The van der Waals surface area contributed by atoms with Gasteiger partial charge >= 0.3 is 0 Å². The molecular formula is C21H25N5OS. The van der Waals surface area contributed by atoms with E-state index < -0.39 is 0 Å². The topological polar surface area (TPSA) is 61.4 Å². The lowest BCUT2D eigenvalue weighted by Gasteiger charge is -2.33. The van der Waals surface area contributed by atoms with Gasteiger partial charge in [0, 0.05) is 26.2 Å². The van der Waals surface area contributed by atoms with E-state index in [1.165, 1.54) is 11.3 Å². The highest BCUT2D eigenvalue weighted by atomic mass is 32.1. The van der Waals surface area contributed by atoms with Gasteiger partial charge in [-0.25, -0.2) is 9.97 Å². The molecule has 7 heteroatoms. The third-order valence-electron chi connectivity index (χ3n) is 5.36. The number of likely N-dealkylation sites (N-methyl/N-ethyl adjacent to an activating group) is 1. The smallest absolute Gasteiger partial charge is 0.262 e. The number of thiophene rings is 1. The number of rotatable bonds is 4. The van der Waals surface area contributed by atoms with Crippen molar-refractivity contribution >= 4 is 33.3 Å². The zero-order chi connectivity index (χ0) is 19.7. The fourth-order valence-corrected chi connectivity index (χ4v) is 4.66. The van der Waals surface area contributed by atoms with Crippen molar-refractivity contribution in [1.82, 2.24) is 20.2 Å². The van der Waals surface area contributed by atoms with Crippen molar-refractivity contribution in [2.75, 3.05) is 38.1 Å². The minimum absolute atomic E-state index is 0.0542. The van der Waals surface area contributed by atoms with Crippen LogP contribution in [0.25, 0.3) is 10.2 Å². The molecular weight excluding hydrogens is 370 g/mol. The number of carbonyl (C=O) groups excluding carboxylic acids is 1. The molecule has 1 amide bonds. The molecule has 3 aromatic rings. The highest BCUT2D eigenvalue weighted by molar-refractivity contribution is 7.20. The molecule has 0 bridgehead atoms. The quantitative estimate of drug-likeness (QED) is 0.735. The SMILES string of the molecule is Cc1c(C(=O)NC(C)c2ccccc2)sc2ncnc(N3CCN(C)CC3)c12. The van der Waals surface area contributed by atoms with Gasteiger partial charge in [0.2, 0.25) is 0 Å². The third-order valence-corrected chi connectivity index (χ3v) is 6.56. The molecule has 1 aliphatic heterocycles. The van der Waals surface area contributed by atoms with Crippen LogP contribution in [0.5, 0.6) is 0 Å². The Balaban J connectivity index is 1.62. The molecule has 1 aromatic carbocycles. The lowest BCUT2D eigenvalue weighted by molar-refractivity contribution is 0.0943. The zero-order valence-corrected chi connectivity index (χ0v) is 17.3. The predicted octanol–water partition coefficient (Wildman–Crippen LogP) is 3.24. The predicted molar refractivity (Wildman–Crippen MR) is 114 cm³/mol. The van der Waals surface area contributed by atoms with Crippen LogP contribution in [-0.4, -0.2) is 54.0 Å². The summed E-state index contributed by atoms with van der Waals surface area (Å²) in [7, 11) is 2.14. The highest BCUT2D eigenvalue weighted by Gasteiger charge is 2.24. The second kappa shape index (κ2) is 7.85. The number of benzene rings is 1. The van der Waals surface area contributed by atoms with Crippen LogP contribution in [-0.2, 0) is 0 Å². The van der Waals surface area contributed by atoms with Crippen molar-refractivity contribution in [3.8, 4) is 0 Å². The van der Waals surface area contributed by atoms with Gasteiger partial charge in [0.1, 0.15) is 17.0 Å². The van der Waals surface area contributed by atoms with Gasteiger partial charge in [-0.2, -0.15) is 0 Å². The maximum Gasteiger partial charge on any atom is 0.262 e. The van der Waals surface area contributed by atoms with Crippen LogP contribution in [0.4, 0.5) is 5.82 Å². The third kappa shape index (κ3) is 3.59. The molecule has 2 aromatic heterocycles. The number of piperazine rings is 1. The monoisotopic (exact) mass is 395 g/mol. The number of carbonyl (C=O) groups is 1. The summed E-state index contributed by atoms with van der Waals surface area (Å²) in [6, 6.07) is 9.95. The molecule has 0 radical (unpaired) electrons. The number of hydrogen-bond acceptors (Lipinski definition) is 6. The molecule has 28 heavy (non-hydrogen) atoms. The van der Waals surface area contributed by atoms with Gasteiger partial charge < -0.3 is 15.1 Å². The molecule has 0 saturated carbocycles. The van der Waals surface area contributed by atoms with E-state index in [9.17, 15) is 4.79 Å². The van der Waals surface area contributed by atoms with E-state index in [0.29, 0.717) is 4.88 Å². The van der Waals surface area contributed by atoms with Gasteiger partial charge in [0.15, 0.2) is 0 Å². The zero-order valence-electron chi connectivity index (χ0n) is 16.5. The first-order valence-electron chi connectivity index (χ1n) is 9.58. The van der Waals surface area contributed by atoms with Crippen molar-refractivity contribution in [2.45, 2.75) is 19.9 Å². The van der Waals surface area contributed by atoms with Crippen LogP contribution in [0.2, 0.25) is 0 Å². The Hall–Kier alpha value is -2.51. The number of nitrogens with one attached hydrogen (secondary N) is 1. The largest absolute Gasteiger partial charge is 0.353 e. The Morgan fingerprint density at radius 2 is 1.86 bits per heavy atom. The Bertz CT molecular complexity index is 979. The van der Waals surface area contributed by atoms with E-state index in [2.05, 4.69) is 32.1 Å². The average Bonchev–Trinajstić information content (AvgIpc) is 3.06. The lowest BCUT2D eigenvalue weighted by Crippen LogP contribution is -2.44. The molecule has 1 N–H and O–H groups in total. The van der Waals surface area contributed by atoms with Gasteiger partial charge in [0.25, 0.3) is 5.91 Å². The molecule has 1 aliphatic rings. The summed E-state index contributed by atoms with van der Waals surface area (Å²) < 4.78 is 0. The highest BCUT2D eigenvalue weighted by Crippen LogP contribution is 2.35. The number of aryl methyl sites for hydroxylation is 1. The summed E-state index contributed by atoms with van der Waals surface area (Å²) in [6.45, 7) is 7.90. The molecule has 0 aliphatic carbocycles. The van der Waals surface area contributed by atoms with Crippen LogP contribution in [0, 0.1) is 6.92 Å². The van der Waals surface area contributed by atoms with Gasteiger partial charge in [-0.05, 0) is 32.0 Å². The second-order valence-electron chi connectivity index (χ2n) is 7.33. The fraction of sp³-hybridized carbons (Fsp3) is 0.381. The molecule has 6 nitrogen and oxygen atoms in total. The van der Waals surface area contributed by atoms with Crippen LogP contribution < -0.4 is 10.2 Å². The van der Waals surface area contributed by atoms with E-state index in [4.69, 9.17) is 0 Å². The van der Waals surface area contributed by atoms with Crippen LogP contribution >= 0.6 is 11.3 Å². The van der Waals surface area contributed by atoms with Crippen molar-refractivity contribution in [1.29, 1.82) is 0 Å². The Morgan fingerprint density at radius 1 is 1.14 bits per heavy atom. The second-order valence-corrected chi connectivity index (χ2v) is 8.33. The summed E-state index contributed by atoms with van der Waals surface area (Å²) in [5.74, 6) is 0.892. The Labute approximate surface area is 169 Å². The van der Waals surface area contributed by atoms with Crippen LogP contribution in [0.15, 0.2) is 36.7 Å². The van der Waals surface area contributed by atoms with Crippen molar-refractivity contribution < 1.29 is 4.79 Å². The van der Waals surface area contributed by atoms with Crippen molar-refractivity contribution in [3.05, 3.63) is 52.7 Å². The normalized spacial score (nSPS) is 16.3. The van der Waals surface area contributed by atoms with Crippen LogP contribution in [0.3, 0.4) is 0 Å². The van der Waals surface area contributed by atoms with E-state index in [0.717, 1.165) is 53.3 Å². The summed E-state index contributed by atoms with van der Waals surface area (Å²) in [5.41, 5.74) is 2.06. The molecule has 1 fully saturated rings. The molecule has 0 spiro atoms. The molecule has 1 atom stereocenters. The standard InChI is InChI=1S/C21H25N5OS/c1-14-17-19(26-11-9-25(3)10-12-26)22-13-23-21(17)28-18(14)20(27)24-15(2)16-7-5-4-6-8-16/h4-8,13,15H,9-12H2,1-3H3,(H,24,27). The van der Waals surface area contributed by atoms with Crippen molar-refractivity contribution in [2.24, 2.45) is 0 Å². The molecule has 3 heterocycles. The summed E-state index contributed by atoms with van der Waals surface area (Å²) in [5, 5.41) is 4.13. The number of aromatic nitrogens is 2. The molecule has 1 unspecified atom stereocenters. The first kappa shape index (κ1) is 18.8. The Kier molecular flexibility index (Phi) is 5.28. The Morgan fingerprint density at radius 3 is 2.57 bits per heavy atom. The van der Waals surface area contributed by atoms with E-state index in [1.54, 1.807) is 6.33 Å². The molecule has 4 rings (SSSR count).